The monoisotopic (exact) mass is 300 g/mol. The largest absolute Gasteiger partial charge is 0.416 e. The molecule has 18 heavy (non-hydrogen) atoms. The summed E-state index contributed by atoms with van der Waals surface area (Å²) in [4.78, 5) is 1.87. The summed E-state index contributed by atoms with van der Waals surface area (Å²) >= 11 is 5.95. The first kappa shape index (κ1) is 15.4. The second-order valence-corrected chi connectivity index (χ2v) is 4.31. The van der Waals surface area contributed by atoms with E-state index in [1.165, 1.54) is 6.07 Å². The highest BCUT2D eigenvalue weighted by Crippen LogP contribution is 2.35. The lowest BCUT2D eigenvalue weighted by molar-refractivity contribution is -0.137. The highest BCUT2D eigenvalue weighted by molar-refractivity contribution is 6.33. The van der Waals surface area contributed by atoms with Crippen LogP contribution in [0.15, 0.2) is 18.2 Å². The van der Waals surface area contributed by atoms with Crippen LogP contribution in [0.3, 0.4) is 0 Å². The van der Waals surface area contributed by atoms with E-state index in [0.717, 1.165) is 25.2 Å². The van der Waals surface area contributed by atoms with Gasteiger partial charge in [-0.25, -0.2) is 0 Å². The number of alkyl halides is 3. The molecule has 0 radical (unpaired) electrons. The number of anilines is 1. The average Bonchev–Trinajstić information content (AvgIpc) is 2.29. The molecule has 102 valence electrons. The summed E-state index contributed by atoms with van der Waals surface area (Å²) in [6, 6.07) is 3.43. The summed E-state index contributed by atoms with van der Waals surface area (Å²) in [5.74, 6) is 0. The van der Waals surface area contributed by atoms with Crippen molar-refractivity contribution in [3.63, 3.8) is 0 Å². The summed E-state index contributed by atoms with van der Waals surface area (Å²) in [7, 11) is 0. The van der Waals surface area contributed by atoms with Crippen LogP contribution < -0.4 is 10.2 Å². The third-order valence-corrected chi connectivity index (χ3v) is 3.05. The first-order chi connectivity index (χ1) is 7.98. The van der Waals surface area contributed by atoms with Gasteiger partial charge in [0.15, 0.2) is 0 Å². The average molecular weight is 301 g/mol. The molecule has 1 heterocycles. The molecule has 0 saturated carbocycles. The van der Waals surface area contributed by atoms with E-state index in [1.807, 2.05) is 4.90 Å². The molecule has 0 bridgehead atoms. The van der Waals surface area contributed by atoms with Gasteiger partial charge in [-0.05, 0) is 18.2 Å². The molecule has 1 aliphatic rings. The Balaban J connectivity index is 0.00000162. The van der Waals surface area contributed by atoms with E-state index in [-0.39, 0.29) is 12.4 Å². The van der Waals surface area contributed by atoms with Crippen LogP contribution in [0.2, 0.25) is 5.02 Å². The Kier molecular flexibility index (Phi) is 5.13. The van der Waals surface area contributed by atoms with E-state index >= 15 is 0 Å². The lowest BCUT2D eigenvalue weighted by Gasteiger charge is -2.30. The van der Waals surface area contributed by atoms with Crippen molar-refractivity contribution in [2.45, 2.75) is 6.18 Å². The molecule has 1 aromatic rings. The van der Waals surface area contributed by atoms with Crippen molar-refractivity contribution < 1.29 is 13.2 Å². The first-order valence-electron chi connectivity index (χ1n) is 5.31. The summed E-state index contributed by atoms with van der Waals surface area (Å²) in [6.45, 7) is 2.85. The Morgan fingerprint density at radius 3 is 2.33 bits per heavy atom. The number of piperazine rings is 1. The SMILES string of the molecule is Cl.FC(F)(F)c1ccc(Cl)c(N2CCNCC2)c1. The van der Waals surface area contributed by atoms with Crippen molar-refractivity contribution in [2.24, 2.45) is 0 Å². The van der Waals surface area contributed by atoms with Crippen LogP contribution in [-0.4, -0.2) is 26.2 Å². The normalized spacial score (nSPS) is 16.3. The van der Waals surface area contributed by atoms with Crippen LogP contribution in [0.5, 0.6) is 0 Å². The van der Waals surface area contributed by atoms with Gasteiger partial charge in [0.2, 0.25) is 0 Å². The maximum absolute atomic E-state index is 12.6. The first-order valence-corrected chi connectivity index (χ1v) is 5.69. The zero-order chi connectivity index (χ0) is 12.5. The van der Waals surface area contributed by atoms with Crippen LogP contribution in [0.25, 0.3) is 0 Å². The fourth-order valence-corrected chi connectivity index (χ4v) is 2.07. The molecule has 1 fully saturated rings. The topological polar surface area (TPSA) is 15.3 Å². The third-order valence-electron chi connectivity index (χ3n) is 2.73. The molecule has 7 heteroatoms. The molecule has 0 spiro atoms. The number of halogens is 5. The molecule has 0 amide bonds. The zero-order valence-corrected chi connectivity index (χ0v) is 11.0. The van der Waals surface area contributed by atoms with Crippen molar-refractivity contribution in [2.75, 3.05) is 31.1 Å². The fraction of sp³-hybridized carbons (Fsp3) is 0.455. The van der Waals surface area contributed by atoms with Gasteiger partial charge < -0.3 is 10.2 Å². The molecule has 2 rings (SSSR count). The highest BCUT2D eigenvalue weighted by Gasteiger charge is 2.31. The van der Waals surface area contributed by atoms with Gasteiger partial charge in [-0.3, -0.25) is 0 Å². The Morgan fingerprint density at radius 1 is 1.17 bits per heavy atom. The van der Waals surface area contributed by atoms with Crippen molar-refractivity contribution >= 4 is 29.7 Å². The number of nitrogens with one attached hydrogen (secondary N) is 1. The Morgan fingerprint density at radius 2 is 1.78 bits per heavy atom. The van der Waals surface area contributed by atoms with Gasteiger partial charge in [-0.1, -0.05) is 11.6 Å². The molecule has 0 aromatic heterocycles. The van der Waals surface area contributed by atoms with Gasteiger partial charge in [-0.15, -0.1) is 12.4 Å². The molecule has 1 aliphatic heterocycles. The lowest BCUT2D eigenvalue weighted by atomic mass is 10.1. The Bertz CT molecular complexity index is 404. The van der Waals surface area contributed by atoms with Gasteiger partial charge in [-0.2, -0.15) is 13.2 Å². The maximum atomic E-state index is 12.6. The minimum Gasteiger partial charge on any atom is -0.368 e. The van der Waals surface area contributed by atoms with Gasteiger partial charge in [0.25, 0.3) is 0 Å². The summed E-state index contributed by atoms with van der Waals surface area (Å²) in [5.41, 5.74) is -0.196. The van der Waals surface area contributed by atoms with Crippen LogP contribution in [0.4, 0.5) is 18.9 Å². The van der Waals surface area contributed by atoms with Crippen molar-refractivity contribution in [1.29, 1.82) is 0 Å². The maximum Gasteiger partial charge on any atom is 0.416 e. The van der Waals surface area contributed by atoms with E-state index in [9.17, 15) is 13.2 Å². The molecule has 2 nitrogen and oxygen atoms in total. The Labute approximate surface area is 115 Å². The van der Waals surface area contributed by atoms with E-state index in [4.69, 9.17) is 11.6 Å². The standard InChI is InChI=1S/C11H12ClF3N2.ClH/c12-9-2-1-8(11(13,14)15)7-10(9)17-5-3-16-4-6-17;/h1-2,7,16H,3-6H2;1H. The molecular weight excluding hydrogens is 288 g/mol. The molecule has 1 N–H and O–H groups in total. The molecule has 0 atom stereocenters. The molecule has 1 saturated heterocycles. The zero-order valence-electron chi connectivity index (χ0n) is 9.43. The predicted molar refractivity (Wildman–Crippen MR) is 68.8 cm³/mol. The minimum absolute atomic E-state index is 0. The van der Waals surface area contributed by atoms with Crippen LogP contribution in [0.1, 0.15) is 5.56 Å². The third kappa shape index (κ3) is 3.43. The molecule has 0 unspecified atom stereocenters. The fourth-order valence-electron chi connectivity index (χ4n) is 1.84. The number of rotatable bonds is 1. The second kappa shape index (κ2) is 5.99. The van der Waals surface area contributed by atoms with Gasteiger partial charge in [0.1, 0.15) is 0 Å². The van der Waals surface area contributed by atoms with E-state index in [2.05, 4.69) is 5.32 Å². The molecule has 1 aromatic carbocycles. The van der Waals surface area contributed by atoms with Gasteiger partial charge in [0.05, 0.1) is 16.3 Å². The van der Waals surface area contributed by atoms with Crippen molar-refractivity contribution in [3.05, 3.63) is 28.8 Å². The van der Waals surface area contributed by atoms with Gasteiger partial charge >= 0.3 is 6.18 Å². The van der Waals surface area contributed by atoms with Crippen molar-refractivity contribution in [3.8, 4) is 0 Å². The van der Waals surface area contributed by atoms with Crippen LogP contribution >= 0.6 is 24.0 Å². The lowest BCUT2D eigenvalue weighted by Crippen LogP contribution is -2.43. The number of benzene rings is 1. The number of hydrogen-bond donors (Lipinski definition) is 1. The summed E-state index contributed by atoms with van der Waals surface area (Å²) in [5, 5.41) is 3.50. The smallest absolute Gasteiger partial charge is 0.368 e. The molecule has 0 aliphatic carbocycles. The van der Waals surface area contributed by atoms with E-state index < -0.39 is 11.7 Å². The Hall–Kier alpha value is -0.650. The highest BCUT2D eigenvalue weighted by atomic mass is 35.5. The quantitative estimate of drug-likeness (QED) is 0.857. The summed E-state index contributed by atoms with van der Waals surface area (Å²) < 4.78 is 37.8. The number of hydrogen-bond acceptors (Lipinski definition) is 2. The van der Waals surface area contributed by atoms with Gasteiger partial charge in [0, 0.05) is 26.2 Å². The number of nitrogens with zero attached hydrogens (tertiary/aromatic N) is 1. The predicted octanol–water partition coefficient (Wildman–Crippen LogP) is 3.19. The van der Waals surface area contributed by atoms with E-state index in [0.29, 0.717) is 23.8 Å². The van der Waals surface area contributed by atoms with Crippen molar-refractivity contribution in [1.82, 2.24) is 5.32 Å². The van der Waals surface area contributed by atoms with Crippen LogP contribution in [0, 0.1) is 0 Å². The summed E-state index contributed by atoms with van der Waals surface area (Å²) in [6.07, 6.45) is -4.33. The minimum atomic E-state index is -4.33. The van der Waals surface area contributed by atoms with E-state index in [1.54, 1.807) is 0 Å². The van der Waals surface area contributed by atoms with Crippen LogP contribution in [-0.2, 0) is 6.18 Å². The molecular formula is C11H13Cl2F3N2. The second-order valence-electron chi connectivity index (χ2n) is 3.90.